The van der Waals surface area contributed by atoms with Crippen LogP contribution in [0.5, 0.6) is 0 Å². The van der Waals surface area contributed by atoms with Gasteiger partial charge in [0.25, 0.3) is 0 Å². The Kier molecular flexibility index (Phi) is 6.47. The summed E-state index contributed by atoms with van der Waals surface area (Å²) in [5.41, 5.74) is 2.30. The Labute approximate surface area is 90.7 Å². The molecule has 0 amide bonds. The summed E-state index contributed by atoms with van der Waals surface area (Å²) in [7, 11) is 0. The molecule has 2 N–H and O–H groups in total. The van der Waals surface area contributed by atoms with Gasteiger partial charge in [0, 0.05) is 6.54 Å². The summed E-state index contributed by atoms with van der Waals surface area (Å²) < 4.78 is 4.69. The molecule has 0 aromatic rings. The molecule has 0 aliphatic carbocycles. The van der Waals surface area contributed by atoms with E-state index in [1.165, 1.54) is 0 Å². The number of hydrogen-bond donors (Lipinski definition) is 2. The molecule has 0 aromatic heterocycles. The molecule has 0 fully saturated rings. The second-order valence-corrected chi connectivity index (χ2v) is 4.23. The molecular formula is C10H21NO4. The number of esters is 1. The van der Waals surface area contributed by atoms with Gasteiger partial charge in [0.05, 0.1) is 24.7 Å². The first-order valence-electron chi connectivity index (χ1n) is 5.09. The number of ether oxygens (including phenoxy) is 1. The van der Waals surface area contributed by atoms with Crippen LogP contribution in [-0.4, -0.2) is 35.9 Å². The molecule has 5 heteroatoms. The Morgan fingerprint density at radius 1 is 1.47 bits per heavy atom. The number of carbonyl (C=O) groups excluding carboxylic acids is 1. The molecule has 5 nitrogen and oxygen atoms in total. The van der Waals surface area contributed by atoms with E-state index in [2.05, 4.69) is 5.48 Å². The van der Waals surface area contributed by atoms with Gasteiger partial charge in [-0.3, -0.25) is 9.63 Å². The molecule has 0 radical (unpaired) electrons. The lowest BCUT2D eigenvalue weighted by Gasteiger charge is -2.20. The van der Waals surface area contributed by atoms with E-state index in [1.54, 1.807) is 6.92 Å². The van der Waals surface area contributed by atoms with E-state index in [4.69, 9.17) is 9.57 Å². The Balaban J connectivity index is 3.57. The van der Waals surface area contributed by atoms with Gasteiger partial charge in [0.2, 0.25) is 0 Å². The molecule has 1 unspecified atom stereocenters. The highest BCUT2D eigenvalue weighted by molar-refractivity contribution is 5.69. The molecule has 1 atom stereocenters. The number of rotatable bonds is 6. The topological polar surface area (TPSA) is 67.8 Å². The fourth-order valence-electron chi connectivity index (χ4n) is 0.839. The number of hydroxylamine groups is 1. The van der Waals surface area contributed by atoms with Crippen LogP contribution in [0.2, 0.25) is 0 Å². The maximum atomic E-state index is 11.0. The second-order valence-electron chi connectivity index (χ2n) is 4.23. The molecule has 0 aliphatic rings. The zero-order valence-electron chi connectivity index (χ0n) is 9.87. The minimum atomic E-state index is -0.786. The van der Waals surface area contributed by atoms with Crippen LogP contribution in [0.3, 0.4) is 0 Å². The monoisotopic (exact) mass is 219 g/mol. The normalized spacial score (nSPS) is 13.7. The number of aliphatic hydroxyl groups excluding tert-OH is 1. The van der Waals surface area contributed by atoms with Crippen molar-refractivity contribution >= 4 is 5.97 Å². The van der Waals surface area contributed by atoms with Crippen molar-refractivity contribution in [2.45, 2.75) is 45.8 Å². The van der Waals surface area contributed by atoms with Crippen molar-refractivity contribution in [3.8, 4) is 0 Å². The maximum Gasteiger partial charge on any atom is 0.308 e. The number of hydrogen-bond acceptors (Lipinski definition) is 5. The van der Waals surface area contributed by atoms with E-state index < -0.39 is 12.1 Å². The molecule has 15 heavy (non-hydrogen) atoms. The van der Waals surface area contributed by atoms with Crippen LogP contribution in [0.4, 0.5) is 0 Å². The summed E-state index contributed by atoms with van der Waals surface area (Å²) in [6, 6.07) is 0. The molecule has 0 saturated carbocycles. The Morgan fingerprint density at radius 3 is 2.53 bits per heavy atom. The van der Waals surface area contributed by atoms with E-state index in [9.17, 15) is 9.90 Å². The Morgan fingerprint density at radius 2 is 2.07 bits per heavy atom. The maximum absolute atomic E-state index is 11.0. The summed E-state index contributed by atoms with van der Waals surface area (Å²) in [6.07, 6.45) is -0.805. The smallest absolute Gasteiger partial charge is 0.308 e. The zero-order chi connectivity index (χ0) is 11.9. The summed E-state index contributed by atoms with van der Waals surface area (Å²) >= 11 is 0. The average Bonchev–Trinajstić information content (AvgIpc) is 2.01. The third-order valence-corrected chi connectivity index (χ3v) is 1.40. The first-order chi connectivity index (χ1) is 6.85. The minimum absolute atomic E-state index is 0.0195. The molecule has 0 aliphatic heterocycles. The van der Waals surface area contributed by atoms with Crippen LogP contribution in [0.25, 0.3) is 0 Å². The van der Waals surface area contributed by atoms with Gasteiger partial charge in [-0.05, 0) is 27.7 Å². The van der Waals surface area contributed by atoms with Gasteiger partial charge in [-0.25, -0.2) is 0 Å². The SMILES string of the molecule is CCOC(=O)CC(O)CNOC(C)(C)C. The molecule has 0 rings (SSSR count). The first-order valence-corrected chi connectivity index (χ1v) is 5.09. The van der Waals surface area contributed by atoms with E-state index in [1.807, 2.05) is 20.8 Å². The number of nitrogens with one attached hydrogen (secondary N) is 1. The van der Waals surface area contributed by atoms with Crippen molar-refractivity contribution in [3.05, 3.63) is 0 Å². The number of carbonyl (C=O) groups is 1. The average molecular weight is 219 g/mol. The van der Waals surface area contributed by atoms with Crippen molar-refractivity contribution in [1.82, 2.24) is 5.48 Å². The third kappa shape index (κ3) is 9.65. The quantitative estimate of drug-likeness (QED) is 0.506. The number of aliphatic hydroxyl groups is 1. The predicted octanol–water partition coefficient (Wildman–Crippen LogP) is 0.620. The third-order valence-electron chi connectivity index (χ3n) is 1.40. The highest BCUT2D eigenvalue weighted by atomic mass is 16.7. The molecule has 90 valence electrons. The van der Waals surface area contributed by atoms with Gasteiger partial charge >= 0.3 is 5.97 Å². The lowest BCUT2D eigenvalue weighted by atomic mass is 10.2. The standard InChI is InChI=1S/C10H21NO4/c1-5-14-9(13)6-8(12)7-11-15-10(2,3)4/h8,11-12H,5-7H2,1-4H3. The van der Waals surface area contributed by atoms with Gasteiger partial charge in [-0.1, -0.05) is 0 Å². The van der Waals surface area contributed by atoms with E-state index >= 15 is 0 Å². The Bertz CT molecular complexity index is 188. The van der Waals surface area contributed by atoms with Gasteiger partial charge in [0.15, 0.2) is 0 Å². The van der Waals surface area contributed by atoms with Gasteiger partial charge in [-0.15, -0.1) is 0 Å². The van der Waals surface area contributed by atoms with Crippen LogP contribution in [-0.2, 0) is 14.4 Å². The first kappa shape index (κ1) is 14.3. The van der Waals surface area contributed by atoms with Crippen molar-refractivity contribution in [2.24, 2.45) is 0 Å². The van der Waals surface area contributed by atoms with Crippen LogP contribution in [0, 0.1) is 0 Å². The van der Waals surface area contributed by atoms with Crippen molar-refractivity contribution in [2.75, 3.05) is 13.2 Å². The van der Waals surface area contributed by atoms with Gasteiger partial charge in [-0.2, -0.15) is 5.48 Å². The van der Waals surface area contributed by atoms with Crippen molar-refractivity contribution in [3.63, 3.8) is 0 Å². The predicted molar refractivity (Wildman–Crippen MR) is 56.1 cm³/mol. The lowest BCUT2D eigenvalue weighted by Crippen LogP contribution is -2.35. The van der Waals surface area contributed by atoms with Gasteiger partial charge < -0.3 is 9.84 Å². The van der Waals surface area contributed by atoms with E-state index in [-0.39, 0.29) is 18.6 Å². The fraction of sp³-hybridized carbons (Fsp3) is 0.900. The zero-order valence-corrected chi connectivity index (χ0v) is 9.87. The fourth-order valence-corrected chi connectivity index (χ4v) is 0.839. The largest absolute Gasteiger partial charge is 0.466 e. The van der Waals surface area contributed by atoms with E-state index in [0.29, 0.717) is 6.61 Å². The Hall–Kier alpha value is -0.650. The van der Waals surface area contributed by atoms with Gasteiger partial charge in [0.1, 0.15) is 0 Å². The second kappa shape index (κ2) is 6.76. The highest BCUT2D eigenvalue weighted by Gasteiger charge is 2.14. The van der Waals surface area contributed by atoms with Crippen LogP contribution in [0.1, 0.15) is 34.1 Å². The summed E-state index contributed by atoms with van der Waals surface area (Å²) in [6.45, 7) is 7.92. The van der Waals surface area contributed by atoms with Crippen LogP contribution in [0.15, 0.2) is 0 Å². The van der Waals surface area contributed by atoms with Crippen LogP contribution >= 0.6 is 0 Å². The molecule has 0 spiro atoms. The molecular weight excluding hydrogens is 198 g/mol. The molecule has 0 heterocycles. The minimum Gasteiger partial charge on any atom is -0.466 e. The summed E-state index contributed by atoms with van der Waals surface area (Å²) in [5, 5.41) is 9.40. The molecule has 0 aromatic carbocycles. The van der Waals surface area contributed by atoms with Crippen molar-refractivity contribution in [1.29, 1.82) is 0 Å². The van der Waals surface area contributed by atoms with Crippen molar-refractivity contribution < 1.29 is 19.5 Å². The summed E-state index contributed by atoms with van der Waals surface area (Å²) in [5.74, 6) is -0.400. The lowest BCUT2D eigenvalue weighted by molar-refractivity contribution is -0.146. The van der Waals surface area contributed by atoms with E-state index in [0.717, 1.165) is 0 Å². The van der Waals surface area contributed by atoms with Crippen LogP contribution < -0.4 is 5.48 Å². The molecule has 0 saturated heterocycles. The summed E-state index contributed by atoms with van der Waals surface area (Å²) in [4.78, 5) is 16.1. The highest BCUT2D eigenvalue weighted by Crippen LogP contribution is 2.03. The molecule has 0 bridgehead atoms.